The van der Waals surface area contributed by atoms with Crippen molar-refractivity contribution in [2.45, 2.75) is 6.61 Å². The standard InChI is InChI=1S/C26H19ClN4O2/c27-19-7-3-6-18(11-19)16-33-20-8-4-5-17(12-20)14-29-31-26(32)24-13-22-21-9-1-2-10-23(21)30-25(22)15-28-24/h1-15,30H,16H2,(H,31,32)/b29-14+. The molecule has 5 aromatic rings. The maximum atomic E-state index is 12.6. The molecule has 0 aliphatic rings. The van der Waals surface area contributed by atoms with Crippen molar-refractivity contribution >= 4 is 45.5 Å². The Hall–Kier alpha value is -4.16. The van der Waals surface area contributed by atoms with Crippen LogP contribution in [0, 0.1) is 0 Å². The quantitative estimate of drug-likeness (QED) is 0.254. The molecule has 0 fully saturated rings. The van der Waals surface area contributed by atoms with Crippen LogP contribution in [0.4, 0.5) is 0 Å². The van der Waals surface area contributed by atoms with Gasteiger partial charge in [0.25, 0.3) is 5.91 Å². The van der Waals surface area contributed by atoms with E-state index < -0.39 is 0 Å². The molecule has 0 saturated heterocycles. The van der Waals surface area contributed by atoms with Gasteiger partial charge in [-0.2, -0.15) is 5.10 Å². The molecular weight excluding hydrogens is 436 g/mol. The Bertz CT molecular complexity index is 1490. The monoisotopic (exact) mass is 454 g/mol. The van der Waals surface area contributed by atoms with Crippen LogP contribution in [0.5, 0.6) is 5.75 Å². The van der Waals surface area contributed by atoms with E-state index >= 15 is 0 Å². The number of nitrogens with one attached hydrogen (secondary N) is 2. The highest BCUT2D eigenvalue weighted by atomic mass is 35.5. The summed E-state index contributed by atoms with van der Waals surface area (Å²) in [5, 5.41) is 6.73. The van der Waals surface area contributed by atoms with Crippen molar-refractivity contribution in [3.63, 3.8) is 0 Å². The van der Waals surface area contributed by atoms with Crippen LogP contribution in [0.15, 0.2) is 90.2 Å². The molecule has 0 radical (unpaired) electrons. The Kier molecular flexibility index (Phi) is 5.74. The zero-order chi connectivity index (χ0) is 22.6. The molecule has 0 spiro atoms. The predicted molar refractivity (Wildman–Crippen MR) is 131 cm³/mol. The van der Waals surface area contributed by atoms with Gasteiger partial charge in [-0.15, -0.1) is 0 Å². The molecule has 0 atom stereocenters. The summed E-state index contributed by atoms with van der Waals surface area (Å²) in [5.41, 5.74) is 6.49. The predicted octanol–water partition coefficient (Wildman–Crippen LogP) is 5.71. The van der Waals surface area contributed by atoms with E-state index in [1.807, 2.05) is 72.8 Å². The van der Waals surface area contributed by atoms with Gasteiger partial charge in [0, 0.05) is 21.3 Å². The molecule has 1 amide bonds. The van der Waals surface area contributed by atoms with Gasteiger partial charge in [-0.05, 0) is 47.5 Å². The Balaban J connectivity index is 1.25. The number of aromatic amines is 1. The molecule has 0 bridgehead atoms. The van der Waals surface area contributed by atoms with Gasteiger partial charge in [0.2, 0.25) is 0 Å². The zero-order valence-electron chi connectivity index (χ0n) is 17.5. The second kappa shape index (κ2) is 9.14. The lowest BCUT2D eigenvalue weighted by Crippen LogP contribution is -2.18. The number of fused-ring (bicyclic) bond motifs is 3. The highest BCUT2D eigenvalue weighted by Gasteiger charge is 2.10. The molecule has 6 nitrogen and oxygen atoms in total. The number of carbonyl (C=O) groups is 1. The van der Waals surface area contributed by atoms with Crippen molar-refractivity contribution in [1.29, 1.82) is 0 Å². The fraction of sp³-hybridized carbons (Fsp3) is 0.0385. The number of ether oxygens (including phenoxy) is 1. The van der Waals surface area contributed by atoms with Crippen LogP contribution in [0.25, 0.3) is 21.8 Å². The Morgan fingerprint density at radius 2 is 1.88 bits per heavy atom. The fourth-order valence-electron chi connectivity index (χ4n) is 3.57. The molecule has 3 aromatic carbocycles. The van der Waals surface area contributed by atoms with Crippen LogP contribution in [0.2, 0.25) is 5.02 Å². The molecule has 0 unspecified atom stereocenters. The average molecular weight is 455 g/mol. The van der Waals surface area contributed by atoms with Gasteiger partial charge in [-0.3, -0.25) is 4.79 Å². The third-order valence-corrected chi connectivity index (χ3v) is 5.39. The van der Waals surface area contributed by atoms with Crippen molar-refractivity contribution in [3.05, 3.63) is 107 Å². The summed E-state index contributed by atoms with van der Waals surface area (Å²) < 4.78 is 5.83. The van der Waals surface area contributed by atoms with E-state index in [2.05, 4.69) is 20.5 Å². The molecule has 33 heavy (non-hydrogen) atoms. The number of pyridine rings is 1. The maximum Gasteiger partial charge on any atom is 0.289 e. The molecule has 162 valence electrons. The minimum absolute atomic E-state index is 0.294. The summed E-state index contributed by atoms with van der Waals surface area (Å²) in [5.74, 6) is 0.309. The SMILES string of the molecule is O=C(N/N=C/c1cccc(OCc2cccc(Cl)c2)c1)c1cc2c(cn1)[nH]c1ccccc12. The van der Waals surface area contributed by atoms with E-state index in [4.69, 9.17) is 16.3 Å². The van der Waals surface area contributed by atoms with E-state index in [1.54, 1.807) is 18.5 Å². The lowest BCUT2D eigenvalue weighted by atomic mass is 10.1. The first kappa shape index (κ1) is 20.7. The number of nitrogens with zero attached hydrogens (tertiary/aromatic N) is 2. The fourth-order valence-corrected chi connectivity index (χ4v) is 3.79. The minimum atomic E-state index is -0.383. The number of rotatable bonds is 6. The van der Waals surface area contributed by atoms with E-state index in [0.717, 1.165) is 32.9 Å². The minimum Gasteiger partial charge on any atom is -0.489 e. The Morgan fingerprint density at radius 1 is 1.00 bits per heavy atom. The van der Waals surface area contributed by atoms with E-state index in [1.165, 1.54) is 0 Å². The van der Waals surface area contributed by atoms with Crippen LogP contribution in [0.3, 0.4) is 0 Å². The number of aromatic nitrogens is 2. The Labute approximate surface area is 194 Å². The molecular formula is C26H19ClN4O2. The summed E-state index contributed by atoms with van der Waals surface area (Å²) in [6.07, 6.45) is 3.23. The number of halogens is 1. The highest BCUT2D eigenvalue weighted by Crippen LogP contribution is 2.25. The van der Waals surface area contributed by atoms with Gasteiger partial charge in [0.05, 0.1) is 17.9 Å². The maximum absolute atomic E-state index is 12.6. The van der Waals surface area contributed by atoms with Crippen LogP contribution < -0.4 is 10.2 Å². The van der Waals surface area contributed by atoms with Crippen molar-refractivity contribution in [1.82, 2.24) is 15.4 Å². The number of para-hydroxylation sites is 1. The summed E-state index contributed by atoms with van der Waals surface area (Å²) in [7, 11) is 0. The lowest BCUT2D eigenvalue weighted by molar-refractivity contribution is 0.0950. The highest BCUT2D eigenvalue weighted by molar-refractivity contribution is 6.30. The summed E-state index contributed by atoms with van der Waals surface area (Å²) >= 11 is 6.01. The topological polar surface area (TPSA) is 79.4 Å². The van der Waals surface area contributed by atoms with E-state index in [9.17, 15) is 4.79 Å². The summed E-state index contributed by atoms with van der Waals surface area (Å²) in [6.45, 7) is 0.403. The average Bonchev–Trinajstić information content (AvgIpc) is 3.21. The number of hydrazone groups is 1. The molecule has 0 aliphatic heterocycles. The van der Waals surface area contributed by atoms with Crippen molar-refractivity contribution in [2.24, 2.45) is 5.10 Å². The number of hydrogen-bond acceptors (Lipinski definition) is 4. The largest absolute Gasteiger partial charge is 0.489 e. The number of hydrogen-bond donors (Lipinski definition) is 2. The number of H-pyrrole nitrogens is 1. The van der Waals surface area contributed by atoms with Gasteiger partial charge in [-0.1, -0.05) is 54.1 Å². The smallest absolute Gasteiger partial charge is 0.289 e. The molecule has 5 rings (SSSR count). The molecule has 2 heterocycles. The number of amides is 1. The van der Waals surface area contributed by atoms with Gasteiger partial charge in [-0.25, -0.2) is 10.4 Å². The van der Waals surface area contributed by atoms with Crippen molar-refractivity contribution in [2.75, 3.05) is 0 Å². The molecule has 2 N–H and O–H groups in total. The molecule has 7 heteroatoms. The van der Waals surface area contributed by atoms with E-state index in [-0.39, 0.29) is 5.91 Å². The second-order valence-corrected chi connectivity index (χ2v) is 7.91. The number of benzene rings is 3. The first-order valence-corrected chi connectivity index (χ1v) is 10.7. The zero-order valence-corrected chi connectivity index (χ0v) is 18.2. The molecule has 2 aromatic heterocycles. The third kappa shape index (κ3) is 4.71. The summed E-state index contributed by atoms with van der Waals surface area (Å²) in [6, 6.07) is 24.7. The van der Waals surface area contributed by atoms with Gasteiger partial charge in [0.15, 0.2) is 0 Å². The van der Waals surface area contributed by atoms with Crippen molar-refractivity contribution < 1.29 is 9.53 Å². The van der Waals surface area contributed by atoms with Crippen LogP contribution in [-0.4, -0.2) is 22.1 Å². The van der Waals surface area contributed by atoms with Crippen LogP contribution in [0.1, 0.15) is 21.6 Å². The number of carbonyl (C=O) groups excluding carboxylic acids is 1. The summed E-state index contributed by atoms with van der Waals surface area (Å²) in [4.78, 5) is 20.1. The van der Waals surface area contributed by atoms with Crippen LogP contribution >= 0.6 is 11.6 Å². The third-order valence-electron chi connectivity index (χ3n) is 5.16. The van der Waals surface area contributed by atoms with Gasteiger partial charge in [0.1, 0.15) is 18.1 Å². The Morgan fingerprint density at radius 3 is 2.79 bits per heavy atom. The molecule has 0 saturated carbocycles. The molecule has 0 aliphatic carbocycles. The normalized spacial score (nSPS) is 11.3. The van der Waals surface area contributed by atoms with Crippen molar-refractivity contribution in [3.8, 4) is 5.75 Å². The first-order chi connectivity index (χ1) is 16.2. The van der Waals surface area contributed by atoms with E-state index in [0.29, 0.717) is 23.1 Å². The van der Waals surface area contributed by atoms with Gasteiger partial charge < -0.3 is 9.72 Å². The van der Waals surface area contributed by atoms with Crippen LogP contribution in [-0.2, 0) is 6.61 Å². The van der Waals surface area contributed by atoms with Gasteiger partial charge >= 0.3 is 0 Å². The first-order valence-electron chi connectivity index (χ1n) is 10.3. The second-order valence-electron chi connectivity index (χ2n) is 7.48. The lowest BCUT2D eigenvalue weighted by Gasteiger charge is -2.07.